The number of pyridine rings is 1. The van der Waals surface area contributed by atoms with E-state index in [1.807, 2.05) is 47.8 Å². The molecule has 0 saturated heterocycles. The first kappa shape index (κ1) is 19.9. The smallest absolute Gasteiger partial charge is 0.257 e. The van der Waals surface area contributed by atoms with Crippen LogP contribution in [-0.4, -0.2) is 23.8 Å². The molecular weight excluding hydrogens is 426 g/mol. The molecule has 3 heterocycles. The number of hydrogen-bond donors (Lipinski definition) is 2. The van der Waals surface area contributed by atoms with Crippen LogP contribution in [0.2, 0.25) is 0 Å². The Morgan fingerprint density at radius 2 is 1.87 bits per heavy atom. The van der Waals surface area contributed by atoms with Crippen LogP contribution in [0.15, 0.2) is 47.8 Å². The van der Waals surface area contributed by atoms with E-state index in [0.29, 0.717) is 16.1 Å². The van der Waals surface area contributed by atoms with Crippen LogP contribution in [0.4, 0.5) is 5.00 Å². The summed E-state index contributed by atoms with van der Waals surface area (Å²) >= 11 is 3.12. The molecule has 1 aromatic carbocycles. The van der Waals surface area contributed by atoms with E-state index in [0.717, 1.165) is 52.7 Å². The van der Waals surface area contributed by atoms with Gasteiger partial charge in [0.1, 0.15) is 5.00 Å². The lowest BCUT2D eigenvalue weighted by molar-refractivity contribution is 0.0963. The molecule has 5 nitrogen and oxygen atoms in total. The number of benzene rings is 1. The van der Waals surface area contributed by atoms with Crippen LogP contribution in [0.1, 0.15) is 44.0 Å². The normalized spacial score (nSPS) is 13.1. The lowest BCUT2D eigenvalue weighted by Gasteiger charge is -2.12. The van der Waals surface area contributed by atoms with Gasteiger partial charge in [-0.1, -0.05) is 24.3 Å². The third-order valence-corrected chi connectivity index (χ3v) is 7.69. The molecule has 4 aromatic rings. The molecule has 0 unspecified atom stereocenters. The molecule has 2 amide bonds. The van der Waals surface area contributed by atoms with Crippen molar-refractivity contribution in [3.63, 3.8) is 0 Å². The van der Waals surface area contributed by atoms with Crippen molar-refractivity contribution in [2.45, 2.75) is 25.7 Å². The molecule has 0 bridgehead atoms. The van der Waals surface area contributed by atoms with Crippen LogP contribution in [0.5, 0.6) is 0 Å². The molecule has 0 spiro atoms. The van der Waals surface area contributed by atoms with Crippen molar-refractivity contribution in [3.05, 3.63) is 69.4 Å². The van der Waals surface area contributed by atoms with Gasteiger partial charge in [0.2, 0.25) is 0 Å². The number of amides is 2. The van der Waals surface area contributed by atoms with Gasteiger partial charge in [0.15, 0.2) is 0 Å². The van der Waals surface area contributed by atoms with Crippen molar-refractivity contribution in [1.29, 1.82) is 0 Å². The predicted octanol–water partition coefficient (Wildman–Crippen LogP) is 5.52. The van der Waals surface area contributed by atoms with E-state index in [-0.39, 0.29) is 11.8 Å². The van der Waals surface area contributed by atoms with Gasteiger partial charge >= 0.3 is 0 Å². The SMILES string of the molecule is CNC(=O)c1c(NC(=O)c2cc(-c3cccs3)nc3ccccc23)sc2c1CCCC2. The summed E-state index contributed by atoms with van der Waals surface area (Å²) in [5, 5.41) is 9.22. The monoisotopic (exact) mass is 447 g/mol. The number of nitrogens with one attached hydrogen (secondary N) is 2. The van der Waals surface area contributed by atoms with Crippen LogP contribution < -0.4 is 10.6 Å². The van der Waals surface area contributed by atoms with Gasteiger partial charge in [0, 0.05) is 17.3 Å². The van der Waals surface area contributed by atoms with Crippen LogP contribution in [-0.2, 0) is 12.8 Å². The molecule has 156 valence electrons. The van der Waals surface area contributed by atoms with Gasteiger partial charge in [-0.2, -0.15) is 0 Å². The van der Waals surface area contributed by atoms with Gasteiger partial charge in [-0.25, -0.2) is 4.98 Å². The molecule has 31 heavy (non-hydrogen) atoms. The zero-order valence-corrected chi connectivity index (χ0v) is 18.7. The Kier molecular flexibility index (Phi) is 5.29. The number of aryl methyl sites for hydroxylation is 1. The Balaban J connectivity index is 1.59. The molecule has 0 saturated carbocycles. The quantitative estimate of drug-likeness (QED) is 0.433. The highest BCUT2D eigenvalue weighted by molar-refractivity contribution is 7.17. The van der Waals surface area contributed by atoms with Gasteiger partial charge in [-0.05, 0) is 54.8 Å². The Morgan fingerprint density at radius 1 is 1.03 bits per heavy atom. The predicted molar refractivity (Wildman–Crippen MR) is 127 cm³/mol. The highest BCUT2D eigenvalue weighted by Crippen LogP contribution is 2.38. The van der Waals surface area contributed by atoms with E-state index in [9.17, 15) is 9.59 Å². The number of hydrogen-bond acceptors (Lipinski definition) is 5. The first-order valence-electron chi connectivity index (χ1n) is 10.3. The van der Waals surface area contributed by atoms with Crippen LogP contribution in [0.3, 0.4) is 0 Å². The Hall–Kier alpha value is -3.03. The minimum atomic E-state index is -0.222. The Morgan fingerprint density at radius 3 is 2.68 bits per heavy atom. The summed E-state index contributed by atoms with van der Waals surface area (Å²) in [6, 6.07) is 13.5. The molecule has 1 aliphatic carbocycles. The molecule has 7 heteroatoms. The van der Waals surface area contributed by atoms with Gasteiger partial charge in [0.25, 0.3) is 11.8 Å². The molecule has 0 radical (unpaired) electrons. The van der Waals surface area contributed by atoms with Crippen LogP contribution in [0, 0.1) is 0 Å². The molecule has 3 aromatic heterocycles. The average Bonchev–Trinajstić information content (AvgIpc) is 3.46. The van der Waals surface area contributed by atoms with Crippen molar-refractivity contribution in [2.75, 3.05) is 12.4 Å². The molecule has 5 rings (SSSR count). The highest BCUT2D eigenvalue weighted by atomic mass is 32.1. The number of carbonyl (C=O) groups is 2. The molecule has 0 aliphatic heterocycles. The first-order chi connectivity index (χ1) is 15.2. The maximum Gasteiger partial charge on any atom is 0.257 e. The summed E-state index contributed by atoms with van der Waals surface area (Å²) in [4.78, 5) is 33.1. The largest absolute Gasteiger partial charge is 0.355 e. The van der Waals surface area contributed by atoms with Crippen molar-refractivity contribution >= 4 is 50.4 Å². The second kappa shape index (κ2) is 8.24. The molecule has 2 N–H and O–H groups in total. The minimum Gasteiger partial charge on any atom is -0.355 e. The van der Waals surface area contributed by atoms with E-state index < -0.39 is 0 Å². The van der Waals surface area contributed by atoms with Crippen LogP contribution >= 0.6 is 22.7 Å². The summed E-state index contributed by atoms with van der Waals surface area (Å²) in [6.07, 6.45) is 4.03. The topological polar surface area (TPSA) is 71.1 Å². The maximum absolute atomic E-state index is 13.5. The fraction of sp³-hybridized carbons (Fsp3) is 0.208. The minimum absolute atomic E-state index is 0.145. The molecule has 1 aliphatic rings. The lowest BCUT2D eigenvalue weighted by Crippen LogP contribution is -2.22. The number of carbonyl (C=O) groups excluding carboxylic acids is 2. The van der Waals surface area contributed by atoms with E-state index in [1.54, 1.807) is 18.4 Å². The lowest BCUT2D eigenvalue weighted by atomic mass is 9.95. The van der Waals surface area contributed by atoms with Crippen molar-refractivity contribution in [2.24, 2.45) is 0 Å². The maximum atomic E-state index is 13.5. The summed E-state index contributed by atoms with van der Waals surface area (Å²) in [5.74, 6) is -0.367. The first-order valence-corrected chi connectivity index (χ1v) is 12.0. The number of rotatable bonds is 4. The van der Waals surface area contributed by atoms with Crippen molar-refractivity contribution in [3.8, 4) is 10.6 Å². The van der Waals surface area contributed by atoms with E-state index in [2.05, 4.69) is 10.6 Å². The summed E-state index contributed by atoms with van der Waals surface area (Å²) in [7, 11) is 1.63. The molecule has 0 fully saturated rings. The number of thiophene rings is 2. The standard InChI is InChI=1S/C24H21N3O2S2/c1-25-23(29)21-15-8-3-5-10-19(15)31-24(21)27-22(28)16-13-18(20-11-6-12-30-20)26-17-9-4-2-7-14(16)17/h2,4,6-7,9,11-13H,3,5,8,10H2,1H3,(H,25,29)(H,27,28). The number of anilines is 1. The number of nitrogens with zero attached hydrogens (tertiary/aromatic N) is 1. The van der Waals surface area contributed by atoms with Gasteiger partial charge in [0.05, 0.1) is 27.2 Å². The Bertz CT molecular complexity index is 1290. The second-order valence-electron chi connectivity index (χ2n) is 7.50. The van der Waals surface area contributed by atoms with E-state index in [1.165, 1.54) is 16.2 Å². The average molecular weight is 448 g/mol. The van der Waals surface area contributed by atoms with Gasteiger partial charge in [-0.15, -0.1) is 22.7 Å². The molecule has 0 atom stereocenters. The third-order valence-electron chi connectivity index (χ3n) is 5.59. The molecular formula is C24H21N3O2S2. The second-order valence-corrected chi connectivity index (χ2v) is 9.55. The zero-order chi connectivity index (χ0) is 21.4. The third kappa shape index (κ3) is 3.64. The highest BCUT2D eigenvalue weighted by Gasteiger charge is 2.26. The fourth-order valence-corrected chi connectivity index (χ4v) is 6.07. The Labute approximate surface area is 188 Å². The van der Waals surface area contributed by atoms with Crippen molar-refractivity contribution < 1.29 is 9.59 Å². The van der Waals surface area contributed by atoms with Gasteiger partial charge < -0.3 is 10.6 Å². The summed E-state index contributed by atoms with van der Waals surface area (Å²) in [5.41, 5.74) is 3.81. The summed E-state index contributed by atoms with van der Waals surface area (Å²) in [6.45, 7) is 0. The van der Waals surface area contributed by atoms with Crippen molar-refractivity contribution in [1.82, 2.24) is 10.3 Å². The van der Waals surface area contributed by atoms with Crippen LogP contribution in [0.25, 0.3) is 21.5 Å². The van der Waals surface area contributed by atoms with E-state index >= 15 is 0 Å². The number of fused-ring (bicyclic) bond motifs is 2. The number of para-hydroxylation sites is 1. The number of aromatic nitrogens is 1. The van der Waals surface area contributed by atoms with E-state index in [4.69, 9.17) is 4.98 Å². The fourth-order valence-electron chi connectivity index (χ4n) is 4.10. The van der Waals surface area contributed by atoms with Gasteiger partial charge in [-0.3, -0.25) is 9.59 Å². The zero-order valence-electron chi connectivity index (χ0n) is 17.0. The summed E-state index contributed by atoms with van der Waals surface area (Å²) < 4.78 is 0.